The number of carbonyl (C=O) groups excluding carboxylic acids is 1. The second kappa shape index (κ2) is 7.31. The van der Waals surface area contributed by atoms with Crippen LogP contribution in [0.5, 0.6) is 0 Å². The molecule has 0 saturated carbocycles. The molecule has 0 spiro atoms. The van der Waals surface area contributed by atoms with Gasteiger partial charge in [0.15, 0.2) is 0 Å². The molecule has 1 amide bonds. The van der Waals surface area contributed by atoms with Gasteiger partial charge in [0.25, 0.3) is 0 Å². The molecule has 0 bridgehead atoms. The highest BCUT2D eigenvalue weighted by atomic mass is 32.2. The SMILES string of the molecule is CCCS(=O)(=O)NCC1CN(c2ccc(C(C)C)cc2)C(=O)O1. The van der Waals surface area contributed by atoms with Gasteiger partial charge in [-0.3, -0.25) is 4.90 Å². The number of ether oxygens (including phenoxy) is 1. The quantitative estimate of drug-likeness (QED) is 0.827. The zero-order chi connectivity index (χ0) is 17.0. The summed E-state index contributed by atoms with van der Waals surface area (Å²) in [5, 5.41) is 0. The van der Waals surface area contributed by atoms with Gasteiger partial charge >= 0.3 is 6.09 Å². The fraction of sp³-hybridized carbons (Fsp3) is 0.562. The fourth-order valence-electron chi connectivity index (χ4n) is 2.44. The summed E-state index contributed by atoms with van der Waals surface area (Å²) in [5.74, 6) is 0.504. The number of nitrogens with zero attached hydrogens (tertiary/aromatic N) is 1. The molecule has 1 atom stereocenters. The van der Waals surface area contributed by atoms with Gasteiger partial charge < -0.3 is 4.74 Å². The first-order valence-corrected chi connectivity index (χ1v) is 9.53. The minimum atomic E-state index is -3.29. The second-order valence-electron chi connectivity index (χ2n) is 6.03. The normalized spacial score (nSPS) is 18.5. The molecule has 0 radical (unpaired) electrons. The van der Waals surface area contributed by atoms with Crippen molar-refractivity contribution in [1.29, 1.82) is 0 Å². The van der Waals surface area contributed by atoms with E-state index < -0.39 is 22.2 Å². The van der Waals surface area contributed by atoms with Gasteiger partial charge in [-0.25, -0.2) is 17.9 Å². The van der Waals surface area contributed by atoms with E-state index in [1.807, 2.05) is 24.3 Å². The summed E-state index contributed by atoms with van der Waals surface area (Å²) < 4.78 is 31.0. The molecule has 1 aromatic rings. The zero-order valence-corrected chi connectivity index (χ0v) is 14.6. The van der Waals surface area contributed by atoms with Gasteiger partial charge in [-0.15, -0.1) is 0 Å². The van der Waals surface area contributed by atoms with Crippen LogP contribution in [0.25, 0.3) is 0 Å². The lowest BCUT2D eigenvalue weighted by Crippen LogP contribution is -2.35. The third kappa shape index (κ3) is 4.68. The molecule has 7 heteroatoms. The van der Waals surface area contributed by atoms with E-state index in [2.05, 4.69) is 18.6 Å². The summed E-state index contributed by atoms with van der Waals surface area (Å²) in [7, 11) is -3.29. The first-order valence-electron chi connectivity index (χ1n) is 7.88. The summed E-state index contributed by atoms with van der Waals surface area (Å²) >= 11 is 0. The number of hydrogen-bond donors (Lipinski definition) is 1. The maximum absolute atomic E-state index is 12.0. The maximum atomic E-state index is 12.0. The molecule has 0 aromatic heterocycles. The van der Waals surface area contributed by atoms with Gasteiger partial charge in [-0.05, 0) is 30.0 Å². The number of anilines is 1. The molecule has 128 valence electrons. The molecule has 6 nitrogen and oxygen atoms in total. The average molecular weight is 340 g/mol. The van der Waals surface area contributed by atoms with Crippen molar-refractivity contribution in [2.24, 2.45) is 0 Å². The molecule has 1 aromatic carbocycles. The van der Waals surface area contributed by atoms with Crippen LogP contribution < -0.4 is 9.62 Å². The van der Waals surface area contributed by atoms with Gasteiger partial charge in [-0.1, -0.05) is 32.9 Å². The lowest BCUT2D eigenvalue weighted by molar-refractivity contribution is 0.143. The number of cyclic esters (lactones) is 1. The standard InChI is InChI=1S/C16H24N2O4S/c1-4-9-23(20,21)17-10-15-11-18(16(19)22-15)14-7-5-13(6-8-14)12(2)3/h5-8,12,15,17H,4,9-11H2,1-3H3. The van der Waals surface area contributed by atoms with Crippen LogP contribution in [-0.4, -0.2) is 39.5 Å². The highest BCUT2D eigenvalue weighted by molar-refractivity contribution is 7.89. The van der Waals surface area contributed by atoms with Gasteiger partial charge in [-0.2, -0.15) is 0 Å². The van der Waals surface area contributed by atoms with Gasteiger partial charge in [0, 0.05) is 12.2 Å². The van der Waals surface area contributed by atoms with Crippen molar-refractivity contribution < 1.29 is 17.9 Å². The largest absolute Gasteiger partial charge is 0.443 e. The van der Waals surface area contributed by atoms with Crippen molar-refractivity contribution in [1.82, 2.24) is 4.72 Å². The smallest absolute Gasteiger partial charge is 0.414 e. The number of sulfonamides is 1. The zero-order valence-electron chi connectivity index (χ0n) is 13.8. The first-order chi connectivity index (χ1) is 10.8. The molecular weight excluding hydrogens is 316 g/mol. The molecule has 1 saturated heterocycles. The Hall–Kier alpha value is -1.60. The van der Waals surface area contributed by atoms with Gasteiger partial charge in [0.2, 0.25) is 10.0 Å². The van der Waals surface area contributed by atoms with Gasteiger partial charge in [0.05, 0.1) is 12.3 Å². The van der Waals surface area contributed by atoms with Crippen LogP contribution in [0.1, 0.15) is 38.7 Å². The summed E-state index contributed by atoms with van der Waals surface area (Å²) in [5.41, 5.74) is 1.96. The number of carbonyl (C=O) groups is 1. The Labute approximate surface area is 137 Å². The number of amides is 1. The van der Waals surface area contributed by atoms with Crippen LogP contribution in [0.15, 0.2) is 24.3 Å². The number of rotatable bonds is 7. The summed E-state index contributed by atoms with van der Waals surface area (Å²) in [6, 6.07) is 7.76. The van der Waals surface area contributed by atoms with E-state index in [1.165, 1.54) is 10.5 Å². The van der Waals surface area contributed by atoms with E-state index in [4.69, 9.17) is 4.74 Å². The van der Waals surface area contributed by atoms with Crippen molar-refractivity contribution >= 4 is 21.8 Å². The lowest BCUT2D eigenvalue weighted by atomic mass is 10.0. The molecule has 1 N–H and O–H groups in total. The van der Waals surface area contributed by atoms with Crippen molar-refractivity contribution in [2.75, 3.05) is 23.7 Å². The Morgan fingerprint density at radius 3 is 2.52 bits per heavy atom. The predicted molar refractivity (Wildman–Crippen MR) is 90.2 cm³/mol. The third-order valence-electron chi connectivity index (χ3n) is 3.75. The molecule has 1 aliphatic heterocycles. The molecule has 1 fully saturated rings. The van der Waals surface area contributed by atoms with E-state index in [9.17, 15) is 13.2 Å². The molecule has 23 heavy (non-hydrogen) atoms. The van der Waals surface area contributed by atoms with E-state index in [0.29, 0.717) is 18.9 Å². The van der Waals surface area contributed by atoms with Crippen LogP contribution in [0.4, 0.5) is 10.5 Å². The topological polar surface area (TPSA) is 75.7 Å². The summed E-state index contributed by atoms with van der Waals surface area (Å²) in [6.45, 7) is 6.47. The van der Waals surface area contributed by atoms with Gasteiger partial charge in [0.1, 0.15) is 6.10 Å². The Balaban J connectivity index is 1.97. The molecule has 0 aliphatic carbocycles. The van der Waals surface area contributed by atoms with E-state index >= 15 is 0 Å². The van der Waals surface area contributed by atoms with E-state index in [-0.39, 0.29) is 12.3 Å². The van der Waals surface area contributed by atoms with E-state index in [0.717, 1.165) is 5.69 Å². The van der Waals surface area contributed by atoms with Crippen LogP contribution in [0.2, 0.25) is 0 Å². The Morgan fingerprint density at radius 2 is 1.96 bits per heavy atom. The maximum Gasteiger partial charge on any atom is 0.414 e. The molecule has 1 unspecified atom stereocenters. The molecular formula is C16H24N2O4S. The van der Waals surface area contributed by atoms with E-state index in [1.54, 1.807) is 6.92 Å². The number of benzene rings is 1. The molecule has 1 heterocycles. The highest BCUT2D eigenvalue weighted by Crippen LogP contribution is 2.24. The van der Waals surface area contributed by atoms with Crippen molar-refractivity contribution in [2.45, 2.75) is 39.2 Å². The third-order valence-corrected chi connectivity index (χ3v) is 5.30. The molecule has 2 rings (SSSR count). The Kier molecular flexibility index (Phi) is 5.64. The van der Waals surface area contributed by atoms with Crippen molar-refractivity contribution in [3.05, 3.63) is 29.8 Å². The minimum Gasteiger partial charge on any atom is -0.443 e. The summed E-state index contributed by atoms with van der Waals surface area (Å²) in [6.07, 6.45) is -0.366. The number of hydrogen-bond acceptors (Lipinski definition) is 4. The first kappa shape index (κ1) is 17.7. The highest BCUT2D eigenvalue weighted by Gasteiger charge is 2.32. The monoisotopic (exact) mass is 340 g/mol. The lowest BCUT2D eigenvalue weighted by Gasteiger charge is -2.14. The molecule has 1 aliphatic rings. The second-order valence-corrected chi connectivity index (χ2v) is 7.96. The van der Waals surface area contributed by atoms with Crippen molar-refractivity contribution in [3.8, 4) is 0 Å². The van der Waals surface area contributed by atoms with Crippen LogP contribution >= 0.6 is 0 Å². The fourth-order valence-corrected chi connectivity index (χ4v) is 3.56. The predicted octanol–water partition coefficient (Wildman–Crippen LogP) is 2.46. The Bertz CT molecular complexity index is 641. The van der Waals surface area contributed by atoms with Crippen LogP contribution in [-0.2, 0) is 14.8 Å². The number of nitrogens with one attached hydrogen (secondary N) is 1. The Morgan fingerprint density at radius 1 is 1.30 bits per heavy atom. The van der Waals surface area contributed by atoms with Crippen LogP contribution in [0.3, 0.4) is 0 Å². The van der Waals surface area contributed by atoms with Crippen LogP contribution in [0, 0.1) is 0 Å². The minimum absolute atomic E-state index is 0.0774. The average Bonchev–Trinajstić information content (AvgIpc) is 2.86. The summed E-state index contributed by atoms with van der Waals surface area (Å²) in [4.78, 5) is 13.5. The van der Waals surface area contributed by atoms with Crippen molar-refractivity contribution in [3.63, 3.8) is 0 Å².